The lowest BCUT2D eigenvalue weighted by atomic mass is 9.97. The SMILES string of the molecule is CC(C)(CCl)CNS(=O)(=O)c1cccc2ccccc12. The van der Waals surface area contributed by atoms with E-state index in [2.05, 4.69) is 4.72 Å². The molecule has 20 heavy (non-hydrogen) atoms. The summed E-state index contributed by atoms with van der Waals surface area (Å²) >= 11 is 5.83. The van der Waals surface area contributed by atoms with Crippen LogP contribution in [0.4, 0.5) is 0 Å². The van der Waals surface area contributed by atoms with Gasteiger partial charge in [-0.2, -0.15) is 0 Å². The van der Waals surface area contributed by atoms with Crippen molar-refractivity contribution >= 4 is 32.4 Å². The third-order valence-corrected chi connectivity index (χ3v) is 5.32. The number of fused-ring (bicyclic) bond motifs is 1. The summed E-state index contributed by atoms with van der Waals surface area (Å²) in [6, 6.07) is 12.7. The first-order valence-electron chi connectivity index (χ1n) is 6.39. The van der Waals surface area contributed by atoms with Crippen LogP contribution in [0.2, 0.25) is 0 Å². The molecule has 0 unspecified atom stereocenters. The second-order valence-corrected chi connectivity index (χ2v) is 7.60. The summed E-state index contributed by atoms with van der Waals surface area (Å²) in [7, 11) is -3.54. The highest BCUT2D eigenvalue weighted by atomic mass is 35.5. The fourth-order valence-corrected chi connectivity index (χ4v) is 3.41. The van der Waals surface area contributed by atoms with Crippen molar-refractivity contribution in [3.63, 3.8) is 0 Å². The van der Waals surface area contributed by atoms with Gasteiger partial charge in [0.1, 0.15) is 0 Å². The summed E-state index contributed by atoms with van der Waals surface area (Å²) in [5.74, 6) is 0.394. The Morgan fingerprint density at radius 2 is 1.75 bits per heavy atom. The third-order valence-electron chi connectivity index (χ3n) is 3.14. The molecular formula is C15H18ClNO2S. The van der Waals surface area contributed by atoms with Gasteiger partial charge >= 0.3 is 0 Å². The van der Waals surface area contributed by atoms with Crippen LogP contribution in [0, 0.1) is 5.41 Å². The first-order chi connectivity index (χ1) is 9.36. The predicted molar refractivity (Wildman–Crippen MR) is 83.6 cm³/mol. The van der Waals surface area contributed by atoms with E-state index in [-0.39, 0.29) is 5.41 Å². The van der Waals surface area contributed by atoms with Crippen molar-refractivity contribution in [2.75, 3.05) is 12.4 Å². The van der Waals surface area contributed by atoms with Crippen LogP contribution in [-0.2, 0) is 10.0 Å². The van der Waals surface area contributed by atoms with Crippen LogP contribution in [0.15, 0.2) is 47.4 Å². The van der Waals surface area contributed by atoms with Crippen molar-refractivity contribution in [2.45, 2.75) is 18.7 Å². The van der Waals surface area contributed by atoms with E-state index in [1.807, 2.05) is 44.2 Å². The van der Waals surface area contributed by atoms with E-state index in [0.717, 1.165) is 10.8 Å². The second kappa shape index (κ2) is 5.72. The minimum absolute atomic E-state index is 0.279. The molecular weight excluding hydrogens is 294 g/mol. The number of benzene rings is 2. The number of hydrogen-bond donors (Lipinski definition) is 1. The van der Waals surface area contributed by atoms with Crippen molar-refractivity contribution in [2.24, 2.45) is 5.41 Å². The molecule has 0 radical (unpaired) electrons. The van der Waals surface area contributed by atoms with Crippen molar-refractivity contribution in [1.29, 1.82) is 0 Å². The quantitative estimate of drug-likeness (QED) is 0.860. The molecule has 0 saturated heterocycles. The van der Waals surface area contributed by atoms with Gasteiger partial charge in [-0.05, 0) is 16.9 Å². The monoisotopic (exact) mass is 311 g/mol. The van der Waals surface area contributed by atoms with E-state index in [9.17, 15) is 8.42 Å². The van der Waals surface area contributed by atoms with Crippen LogP contribution in [0.5, 0.6) is 0 Å². The number of nitrogens with one attached hydrogen (secondary N) is 1. The summed E-state index contributed by atoms with van der Waals surface area (Å²) in [5.41, 5.74) is -0.279. The molecule has 108 valence electrons. The molecule has 2 aromatic rings. The standard InChI is InChI=1S/C15H18ClNO2S/c1-15(2,10-16)11-17-20(18,19)14-9-5-7-12-6-3-4-8-13(12)14/h3-9,17H,10-11H2,1-2H3. The highest BCUT2D eigenvalue weighted by molar-refractivity contribution is 7.89. The van der Waals surface area contributed by atoms with Crippen LogP contribution in [-0.4, -0.2) is 20.8 Å². The molecule has 0 amide bonds. The maximum Gasteiger partial charge on any atom is 0.241 e. The molecule has 0 aliphatic carbocycles. The minimum Gasteiger partial charge on any atom is -0.211 e. The van der Waals surface area contributed by atoms with Gasteiger partial charge in [-0.15, -0.1) is 11.6 Å². The average Bonchev–Trinajstić information content (AvgIpc) is 2.45. The highest BCUT2D eigenvalue weighted by Gasteiger charge is 2.22. The normalized spacial score (nSPS) is 12.8. The summed E-state index contributed by atoms with van der Waals surface area (Å²) in [4.78, 5) is 0.306. The smallest absolute Gasteiger partial charge is 0.211 e. The van der Waals surface area contributed by atoms with Gasteiger partial charge in [0.05, 0.1) is 4.90 Å². The van der Waals surface area contributed by atoms with Crippen molar-refractivity contribution in [3.8, 4) is 0 Å². The highest BCUT2D eigenvalue weighted by Crippen LogP contribution is 2.23. The molecule has 2 rings (SSSR count). The fraction of sp³-hybridized carbons (Fsp3) is 0.333. The molecule has 0 aliphatic heterocycles. The van der Waals surface area contributed by atoms with E-state index in [0.29, 0.717) is 17.3 Å². The third kappa shape index (κ3) is 3.32. The molecule has 3 nitrogen and oxygen atoms in total. The van der Waals surface area contributed by atoms with Crippen LogP contribution < -0.4 is 4.72 Å². The molecule has 0 saturated carbocycles. The maximum absolute atomic E-state index is 12.5. The van der Waals surface area contributed by atoms with Crippen LogP contribution in [0.3, 0.4) is 0 Å². The second-order valence-electron chi connectivity index (χ2n) is 5.60. The van der Waals surface area contributed by atoms with E-state index >= 15 is 0 Å². The summed E-state index contributed by atoms with van der Waals surface area (Å²) < 4.78 is 27.6. The van der Waals surface area contributed by atoms with Gasteiger partial charge in [0, 0.05) is 17.8 Å². The first-order valence-corrected chi connectivity index (χ1v) is 8.41. The lowest BCUT2D eigenvalue weighted by Crippen LogP contribution is -2.35. The number of sulfonamides is 1. The number of alkyl halides is 1. The van der Waals surface area contributed by atoms with Crippen molar-refractivity contribution in [1.82, 2.24) is 4.72 Å². The molecule has 0 aromatic heterocycles. The van der Waals surface area contributed by atoms with E-state index in [1.165, 1.54) is 0 Å². The Morgan fingerprint density at radius 3 is 2.45 bits per heavy atom. The number of halogens is 1. The van der Waals surface area contributed by atoms with Gasteiger partial charge in [0.2, 0.25) is 10.0 Å². The van der Waals surface area contributed by atoms with Crippen molar-refractivity contribution in [3.05, 3.63) is 42.5 Å². The fourth-order valence-electron chi connectivity index (χ4n) is 1.85. The van der Waals surface area contributed by atoms with Gasteiger partial charge in [0.15, 0.2) is 0 Å². The maximum atomic E-state index is 12.5. The van der Waals surface area contributed by atoms with E-state index in [1.54, 1.807) is 12.1 Å². The summed E-state index contributed by atoms with van der Waals surface area (Å²) in [5, 5.41) is 1.64. The Labute approximate surface area is 125 Å². The van der Waals surface area contributed by atoms with E-state index < -0.39 is 10.0 Å². The molecule has 1 N–H and O–H groups in total. The molecule has 0 atom stereocenters. The molecule has 0 heterocycles. The Kier molecular flexibility index (Phi) is 4.37. The lowest BCUT2D eigenvalue weighted by molar-refractivity contribution is 0.414. The minimum atomic E-state index is -3.54. The van der Waals surface area contributed by atoms with Gasteiger partial charge in [0.25, 0.3) is 0 Å². The van der Waals surface area contributed by atoms with Crippen LogP contribution in [0.1, 0.15) is 13.8 Å². The molecule has 2 aromatic carbocycles. The van der Waals surface area contributed by atoms with Crippen LogP contribution >= 0.6 is 11.6 Å². The molecule has 0 fully saturated rings. The van der Waals surface area contributed by atoms with Crippen LogP contribution in [0.25, 0.3) is 10.8 Å². The molecule has 0 bridgehead atoms. The first kappa shape index (κ1) is 15.3. The summed E-state index contributed by atoms with van der Waals surface area (Å²) in [6.45, 7) is 4.15. The largest absolute Gasteiger partial charge is 0.241 e. The van der Waals surface area contributed by atoms with E-state index in [4.69, 9.17) is 11.6 Å². The zero-order chi connectivity index (χ0) is 14.8. The lowest BCUT2D eigenvalue weighted by Gasteiger charge is -2.21. The Hall–Kier alpha value is -1.10. The van der Waals surface area contributed by atoms with Gasteiger partial charge < -0.3 is 0 Å². The molecule has 0 spiro atoms. The van der Waals surface area contributed by atoms with Gasteiger partial charge in [-0.3, -0.25) is 0 Å². The average molecular weight is 312 g/mol. The summed E-state index contributed by atoms with van der Waals surface area (Å²) in [6.07, 6.45) is 0. The predicted octanol–water partition coefficient (Wildman–Crippen LogP) is 3.38. The number of rotatable bonds is 5. The zero-order valence-corrected chi connectivity index (χ0v) is 13.1. The Bertz CT molecular complexity index is 705. The number of hydrogen-bond acceptors (Lipinski definition) is 2. The molecule has 0 aliphatic rings. The van der Waals surface area contributed by atoms with Crippen molar-refractivity contribution < 1.29 is 8.42 Å². The topological polar surface area (TPSA) is 46.2 Å². The Morgan fingerprint density at radius 1 is 1.10 bits per heavy atom. The van der Waals surface area contributed by atoms with Gasteiger partial charge in [-0.25, -0.2) is 13.1 Å². The zero-order valence-electron chi connectivity index (χ0n) is 11.6. The molecule has 5 heteroatoms. The Balaban J connectivity index is 2.38. The van der Waals surface area contributed by atoms with Gasteiger partial charge in [-0.1, -0.05) is 50.2 Å².